The van der Waals surface area contributed by atoms with Crippen LogP contribution in [0.4, 0.5) is 23.7 Å². The zero-order valence-corrected chi connectivity index (χ0v) is 13.7. The first-order chi connectivity index (χ1) is 11.9. The minimum atomic E-state index is -4.45. The van der Waals surface area contributed by atoms with Crippen molar-refractivity contribution in [1.29, 1.82) is 0 Å². The van der Waals surface area contributed by atoms with Crippen LogP contribution in [0.3, 0.4) is 0 Å². The summed E-state index contributed by atoms with van der Waals surface area (Å²) in [6.45, 7) is 2.52. The van der Waals surface area contributed by atoms with Crippen LogP contribution in [0.15, 0.2) is 48.5 Å². The highest BCUT2D eigenvalue weighted by atomic mass is 19.4. The molecule has 4 nitrogen and oxygen atoms in total. The van der Waals surface area contributed by atoms with Crippen LogP contribution in [0.5, 0.6) is 5.75 Å². The molecule has 0 saturated carbocycles. The molecule has 0 unspecified atom stereocenters. The molecular formula is C18H19F3N2O2. The molecule has 0 aliphatic carbocycles. The zero-order chi connectivity index (χ0) is 18.3. The minimum absolute atomic E-state index is 0.0730. The van der Waals surface area contributed by atoms with Crippen LogP contribution in [0.25, 0.3) is 0 Å². The monoisotopic (exact) mass is 352 g/mol. The van der Waals surface area contributed by atoms with Crippen molar-refractivity contribution in [3.63, 3.8) is 0 Å². The highest BCUT2D eigenvalue weighted by molar-refractivity contribution is 5.89. The van der Waals surface area contributed by atoms with E-state index in [4.69, 9.17) is 4.74 Å². The second-order valence-electron chi connectivity index (χ2n) is 5.31. The van der Waals surface area contributed by atoms with Crippen molar-refractivity contribution in [2.75, 3.05) is 18.5 Å². The number of hydrogen-bond donors (Lipinski definition) is 2. The summed E-state index contributed by atoms with van der Waals surface area (Å²) in [5.74, 6) is 0.708. The largest absolute Gasteiger partial charge is 0.492 e. The molecule has 0 atom stereocenters. The lowest BCUT2D eigenvalue weighted by Gasteiger charge is -2.11. The Morgan fingerprint density at radius 3 is 2.60 bits per heavy atom. The van der Waals surface area contributed by atoms with Gasteiger partial charge in [0, 0.05) is 5.69 Å². The molecule has 0 aliphatic heterocycles. The van der Waals surface area contributed by atoms with Crippen molar-refractivity contribution in [1.82, 2.24) is 5.32 Å². The van der Waals surface area contributed by atoms with Gasteiger partial charge in [0.05, 0.1) is 12.1 Å². The number of nitrogens with one attached hydrogen (secondary N) is 2. The van der Waals surface area contributed by atoms with Crippen LogP contribution in [0.1, 0.15) is 18.1 Å². The van der Waals surface area contributed by atoms with Gasteiger partial charge in [0.1, 0.15) is 12.4 Å². The first kappa shape index (κ1) is 18.6. The highest BCUT2D eigenvalue weighted by Crippen LogP contribution is 2.30. The molecule has 0 aliphatic rings. The maximum atomic E-state index is 12.6. The molecule has 134 valence electrons. The molecule has 7 heteroatoms. The van der Waals surface area contributed by atoms with Gasteiger partial charge in [0.2, 0.25) is 0 Å². The molecule has 2 N–H and O–H groups in total. The first-order valence-corrected chi connectivity index (χ1v) is 7.82. The van der Waals surface area contributed by atoms with Crippen LogP contribution in [0.2, 0.25) is 0 Å². The molecule has 0 heterocycles. The molecule has 25 heavy (non-hydrogen) atoms. The molecule has 0 spiro atoms. The number of carbonyl (C=O) groups is 1. The van der Waals surface area contributed by atoms with E-state index in [1.54, 1.807) is 0 Å². The van der Waals surface area contributed by atoms with Gasteiger partial charge in [-0.1, -0.05) is 25.1 Å². The molecule has 2 amide bonds. The van der Waals surface area contributed by atoms with Gasteiger partial charge in [0.25, 0.3) is 0 Å². The number of amides is 2. The number of halogens is 3. The number of carbonyl (C=O) groups excluding carboxylic acids is 1. The molecule has 0 aromatic heterocycles. The van der Waals surface area contributed by atoms with Crippen LogP contribution >= 0.6 is 0 Å². The van der Waals surface area contributed by atoms with Crippen LogP contribution in [-0.2, 0) is 12.6 Å². The molecule has 0 saturated heterocycles. The molecule has 2 aromatic rings. The summed E-state index contributed by atoms with van der Waals surface area (Å²) in [7, 11) is 0. The number of ether oxygens (including phenoxy) is 1. The Morgan fingerprint density at radius 1 is 1.12 bits per heavy atom. The van der Waals surface area contributed by atoms with Gasteiger partial charge in [-0.25, -0.2) is 4.79 Å². The molecule has 2 aromatic carbocycles. The Morgan fingerprint density at radius 2 is 1.88 bits per heavy atom. The fourth-order valence-electron chi connectivity index (χ4n) is 2.14. The summed E-state index contributed by atoms with van der Waals surface area (Å²) in [4.78, 5) is 11.7. The summed E-state index contributed by atoms with van der Waals surface area (Å²) >= 11 is 0. The van der Waals surface area contributed by atoms with Crippen molar-refractivity contribution in [2.24, 2.45) is 0 Å². The Balaban J connectivity index is 1.77. The third-order valence-corrected chi connectivity index (χ3v) is 3.41. The standard InChI is InChI=1S/C18H19F3N2O2/c1-2-13-5-3-8-16(11-13)25-10-9-22-17(24)23-15-7-4-6-14(12-15)18(19,20)21/h3-8,11-12H,2,9-10H2,1H3,(H2,22,23,24). The van der Waals surface area contributed by atoms with E-state index in [1.807, 2.05) is 31.2 Å². The Kier molecular flexibility index (Phi) is 6.27. The molecule has 0 bridgehead atoms. The van der Waals surface area contributed by atoms with Gasteiger partial charge >= 0.3 is 12.2 Å². The van der Waals surface area contributed by atoms with Gasteiger partial charge in [-0.15, -0.1) is 0 Å². The predicted octanol–water partition coefficient (Wildman–Crippen LogP) is 4.47. The van der Waals surface area contributed by atoms with Crippen molar-refractivity contribution in [3.8, 4) is 5.75 Å². The minimum Gasteiger partial charge on any atom is -0.492 e. The topological polar surface area (TPSA) is 50.4 Å². The van der Waals surface area contributed by atoms with E-state index in [-0.39, 0.29) is 18.8 Å². The first-order valence-electron chi connectivity index (χ1n) is 7.82. The van der Waals surface area contributed by atoms with Crippen LogP contribution in [-0.4, -0.2) is 19.2 Å². The molecule has 0 fully saturated rings. The summed E-state index contributed by atoms with van der Waals surface area (Å²) in [6.07, 6.45) is -3.55. The van der Waals surface area contributed by atoms with E-state index in [1.165, 1.54) is 12.1 Å². The van der Waals surface area contributed by atoms with E-state index < -0.39 is 17.8 Å². The molecule has 0 radical (unpaired) electrons. The van der Waals surface area contributed by atoms with Crippen LogP contribution in [0, 0.1) is 0 Å². The third-order valence-electron chi connectivity index (χ3n) is 3.41. The van der Waals surface area contributed by atoms with Gasteiger partial charge in [-0.05, 0) is 42.3 Å². The summed E-state index contributed by atoms with van der Waals surface area (Å²) < 4.78 is 43.4. The summed E-state index contributed by atoms with van der Waals surface area (Å²) in [5, 5.41) is 4.90. The number of rotatable bonds is 6. The van der Waals surface area contributed by atoms with Gasteiger partial charge in [-0.2, -0.15) is 13.2 Å². The summed E-state index contributed by atoms with van der Waals surface area (Å²) in [6, 6.07) is 11.5. The van der Waals surface area contributed by atoms with E-state index >= 15 is 0 Å². The smallest absolute Gasteiger partial charge is 0.416 e. The normalized spacial score (nSPS) is 11.0. The number of aryl methyl sites for hydroxylation is 1. The second kappa shape index (κ2) is 8.41. The van der Waals surface area contributed by atoms with Crippen molar-refractivity contribution in [3.05, 3.63) is 59.7 Å². The number of urea groups is 1. The van der Waals surface area contributed by atoms with Crippen LogP contribution < -0.4 is 15.4 Å². The van der Waals surface area contributed by atoms with Crippen molar-refractivity contribution in [2.45, 2.75) is 19.5 Å². The number of alkyl halides is 3. The Labute approximate surface area is 144 Å². The van der Waals surface area contributed by atoms with E-state index in [0.717, 1.165) is 24.1 Å². The fraction of sp³-hybridized carbons (Fsp3) is 0.278. The van der Waals surface area contributed by atoms with E-state index in [2.05, 4.69) is 10.6 Å². The van der Waals surface area contributed by atoms with Crippen molar-refractivity contribution >= 4 is 11.7 Å². The molecule has 2 rings (SSSR count). The quantitative estimate of drug-likeness (QED) is 0.754. The lowest BCUT2D eigenvalue weighted by molar-refractivity contribution is -0.137. The summed E-state index contributed by atoms with van der Waals surface area (Å²) in [5.41, 5.74) is 0.404. The van der Waals surface area contributed by atoms with E-state index in [9.17, 15) is 18.0 Å². The maximum Gasteiger partial charge on any atom is 0.416 e. The number of benzene rings is 2. The molecular weight excluding hydrogens is 333 g/mol. The van der Waals surface area contributed by atoms with Gasteiger partial charge in [-0.3, -0.25) is 0 Å². The second-order valence-corrected chi connectivity index (χ2v) is 5.31. The fourth-order valence-corrected chi connectivity index (χ4v) is 2.14. The zero-order valence-electron chi connectivity index (χ0n) is 13.7. The van der Waals surface area contributed by atoms with Crippen molar-refractivity contribution < 1.29 is 22.7 Å². The predicted molar refractivity (Wildman–Crippen MR) is 89.8 cm³/mol. The lowest BCUT2D eigenvalue weighted by atomic mass is 10.2. The third kappa shape index (κ3) is 6.02. The Hall–Kier alpha value is -2.70. The van der Waals surface area contributed by atoms with Gasteiger partial charge < -0.3 is 15.4 Å². The lowest BCUT2D eigenvalue weighted by Crippen LogP contribution is -2.32. The SMILES string of the molecule is CCc1cccc(OCCNC(=O)Nc2cccc(C(F)(F)F)c2)c1. The maximum absolute atomic E-state index is 12.6. The number of anilines is 1. The van der Waals surface area contributed by atoms with Gasteiger partial charge in [0.15, 0.2) is 0 Å². The average Bonchev–Trinajstić information content (AvgIpc) is 2.58. The average molecular weight is 352 g/mol. The van der Waals surface area contributed by atoms with E-state index in [0.29, 0.717) is 5.75 Å². The number of hydrogen-bond acceptors (Lipinski definition) is 2. The Bertz CT molecular complexity index is 717. The highest BCUT2D eigenvalue weighted by Gasteiger charge is 2.30.